The van der Waals surface area contributed by atoms with Gasteiger partial charge in [-0.15, -0.1) is 11.3 Å². The van der Waals surface area contributed by atoms with E-state index in [2.05, 4.69) is 20.9 Å². The summed E-state index contributed by atoms with van der Waals surface area (Å²) in [5, 5.41) is 19.1. The zero-order valence-electron chi connectivity index (χ0n) is 20.0. The Hall–Kier alpha value is -3.67. The Labute approximate surface area is 211 Å². The van der Waals surface area contributed by atoms with Crippen LogP contribution in [0.2, 0.25) is 0 Å². The summed E-state index contributed by atoms with van der Waals surface area (Å²) >= 11 is 1.62. The number of benzene rings is 1. The molecule has 1 unspecified atom stereocenters. The van der Waals surface area contributed by atoms with Crippen LogP contribution in [0.1, 0.15) is 33.8 Å². The number of ether oxygens (including phenoxy) is 1. The van der Waals surface area contributed by atoms with Crippen molar-refractivity contribution in [3.63, 3.8) is 0 Å². The number of morpholine rings is 1. The van der Waals surface area contributed by atoms with Gasteiger partial charge in [-0.05, 0) is 24.6 Å². The van der Waals surface area contributed by atoms with Crippen LogP contribution in [0.3, 0.4) is 0 Å². The molecule has 2 N–H and O–H groups in total. The zero-order chi connectivity index (χ0) is 25.2. The van der Waals surface area contributed by atoms with Crippen molar-refractivity contribution in [2.75, 3.05) is 43.2 Å². The third-order valence-corrected chi connectivity index (χ3v) is 7.07. The highest BCUT2D eigenvalue weighted by atomic mass is 32.1. The summed E-state index contributed by atoms with van der Waals surface area (Å²) in [6.07, 6.45) is 2.03. The molecule has 11 heteroatoms. The first-order valence-corrected chi connectivity index (χ1v) is 12.4. The fourth-order valence-electron chi connectivity index (χ4n) is 4.03. The van der Waals surface area contributed by atoms with Crippen molar-refractivity contribution < 1.29 is 19.7 Å². The van der Waals surface area contributed by atoms with E-state index in [1.54, 1.807) is 18.3 Å². The molecule has 3 aromatic heterocycles. The minimum atomic E-state index is -1.06. The lowest BCUT2D eigenvalue weighted by molar-refractivity contribution is 0.0696. The Bertz CT molecular complexity index is 1390. The number of carboxylic acid groups (broad SMARTS) is 1. The molecular weight excluding hydrogens is 480 g/mol. The maximum Gasteiger partial charge on any atom is 0.338 e. The molecule has 36 heavy (non-hydrogen) atoms. The predicted molar refractivity (Wildman–Crippen MR) is 138 cm³/mol. The molecule has 0 spiro atoms. The van der Waals surface area contributed by atoms with Crippen molar-refractivity contribution >= 4 is 39.3 Å². The van der Waals surface area contributed by atoms with Gasteiger partial charge in [0.05, 0.1) is 41.6 Å². The molecule has 0 aliphatic carbocycles. The van der Waals surface area contributed by atoms with Gasteiger partial charge >= 0.3 is 5.97 Å². The number of hydrogen-bond donors (Lipinski definition) is 2. The molecule has 1 aliphatic heterocycles. The van der Waals surface area contributed by atoms with Crippen molar-refractivity contribution in [1.82, 2.24) is 19.9 Å². The fraction of sp³-hybridized carbons (Fsp3) is 0.320. The summed E-state index contributed by atoms with van der Waals surface area (Å²) in [7, 11) is 1.86. The van der Waals surface area contributed by atoms with E-state index >= 15 is 0 Å². The van der Waals surface area contributed by atoms with Gasteiger partial charge in [0.1, 0.15) is 0 Å². The first-order valence-electron chi connectivity index (χ1n) is 11.6. The Morgan fingerprint density at radius 1 is 1.19 bits per heavy atom. The van der Waals surface area contributed by atoms with Gasteiger partial charge in [-0.25, -0.2) is 24.7 Å². The number of rotatable bonds is 7. The van der Waals surface area contributed by atoms with Gasteiger partial charge in [-0.3, -0.25) is 0 Å². The molecular formula is C25H26N6O4S. The van der Waals surface area contributed by atoms with Gasteiger partial charge < -0.3 is 24.7 Å². The molecule has 0 radical (unpaired) electrons. The van der Waals surface area contributed by atoms with Crippen molar-refractivity contribution in [2.24, 2.45) is 0 Å². The molecule has 1 aliphatic rings. The number of aromatic nitrogens is 4. The van der Waals surface area contributed by atoms with E-state index in [9.17, 15) is 9.90 Å². The number of hydrogen-bond acceptors (Lipinski definition) is 10. The molecule has 5 rings (SSSR count). The predicted octanol–water partition coefficient (Wildman–Crippen LogP) is 3.37. The second-order valence-electron chi connectivity index (χ2n) is 8.63. The van der Waals surface area contributed by atoms with Crippen LogP contribution in [0.25, 0.3) is 21.6 Å². The maximum absolute atomic E-state index is 11.1. The average molecular weight is 507 g/mol. The normalized spacial score (nSPS) is 14.7. The quantitative estimate of drug-likeness (QED) is 0.385. The highest BCUT2D eigenvalue weighted by molar-refractivity contribution is 7.19. The van der Waals surface area contributed by atoms with Gasteiger partial charge in [0, 0.05) is 43.0 Å². The van der Waals surface area contributed by atoms with E-state index in [0.717, 1.165) is 45.1 Å². The molecule has 1 aromatic carbocycles. The standard InChI is InChI=1S/C25H26N6O4S/c1-15(32)16-4-3-5-17(10-16)22-28-20-11-19(14-30(2)25-26-12-18(13-27-25)24(33)34)36-21(20)23(29-22)31-6-8-35-9-7-31/h3-5,10-13,15,32H,6-9,14H2,1-2H3,(H,33,34). The zero-order valence-corrected chi connectivity index (χ0v) is 20.8. The Kier molecular flexibility index (Phi) is 6.77. The number of aliphatic hydroxyl groups is 1. The molecule has 4 aromatic rings. The van der Waals surface area contributed by atoms with Crippen LogP contribution < -0.4 is 9.80 Å². The molecule has 0 amide bonds. The summed E-state index contributed by atoms with van der Waals surface area (Å²) in [4.78, 5) is 34.5. The summed E-state index contributed by atoms with van der Waals surface area (Å²) in [6, 6.07) is 9.72. The minimum absolute atomic E-state index is 0.0478. The first-order chi connectivity index (χ1) is 17.4. The highest BCUT2D eigenvalue weighted by Crippen LogP contribution is 2.35. The number of anilines is 2. The second-order valence-corrected chi connectivity index (χ2v) is 9.77. The highest BCUT2D eigenvalue weighted by Gasteiger charge is 2.21. The Balaban J connectivity index is 1.51. The van der Waals surface area contributed by atoms with E-state index in [1.165, 1.54) is 12.4 Å². The minimum Gasteiger partial charge on any atom is -0.478 e. The third kappa shape index (κ3) is 4.99. The lowest BCUT2D eigenvalue weighted by atomic mass is 10.1. The molecule has 0 saturated carbocycles. The second kappa shape index (κ2) is 10.1. The lowest BCUT2D eigenvalue weighted by Gasteiger charge is -2.28. The number of fused-ring (bicyclic) bond motifs is 1. The van der Waals surface area contributed by atoms with Gasteiger partial charge in [-0.2, -0.15) is 0 Å². The molecule has 1 saturated heterocycles. The number of carbonyl (C=O) groups is 1. The number of carboxylic acids is 1. The van der Waals surface area contributed by atoms with Crippen LogP contribution in [-0.4, -0.2) is 69.5 Å². The van der Waals surface area contributed by atoms with Crippen LogP contribution >= 0.6 is 11.3 Å². The number of aromatic carboxylic acids is 1. The van der Waals surface area contributed by atoms with Gasteiger partial charge in [0.25, 0.3) is 0 Å². The monoisotopic (exact) mass is 506 g/mol. The van der Waals surface area contributed by atoms with E-state index in [-0.39, 0.29) is 5.56 Å². The largest absolute Gasteiger partial charge is 0.478 e. The van der Waals surface area contributed by atoms with Gasteiger partial charge in [0.15, 0.2) is 11.6 Å². The van der Waals surface area contributed by atoms with Crippen molar-refractivity contribution in [1.29, 1.82) is 0 Å². The topological polar surface area (TPSA) is 125 Å². The van der Waals surface area contributed by atoms with Gasteiger partial charge in [-0.1, -0.05) is 18.2 Å². The van der Waals surface area contributed by atoms with E-state index in [0.29, 0.717) is 31.5 Å². The van der Waals surface area contributed by atoms with Crippen LogP contribution in [0.4, 0.5) is 11.8 Å². The fourth-order valence-corrected chi connectivity index (χ4v) is 5.20. The van der Waals surface area contributed by atoms with Crippen LogP contribution in [0.5, 0.6) is 0 Å². The van der Waals surface area contributed by atoms with Gasteiger partial charge in [0.2, 0.25) is 5.95 Å². The molecule has 10 nitrogen and oxygen atoms in total. The Morgan fingerprint density at radius 2 is 1.94 bits per heavy atom. The number of nitrogens with zero attached hydrogens (tertiary/aromatic N) is 6. The van der Waals surface area contributed by atoms with Crippen molar-refractivity contribution in [3.05, 3.63) is 58.7 Å². The average Bonchev–Trinajstić information content (AvgIpc) is 3.31. The van der Waals surface area contributed by atoms with Crippen LogP contribution in [-0.2, 0) is 11.3 Å². The van der Waals surface area contributed by atoms with E-state index < -0.39 is 12.1 Å². The molecule has 1 fully saturated rings. The number of thiophene rings is 1. The molecule has 4 heterocycles. The Morgan fingerprint density at radius 3 is 2.64 bits per heavy atom. The van der Waals surface area contributed by atoms with E-state index in [4.69, 9.17) is 19.8 Å². The summed E-state index contributed by atoms with van der Waals surface area (Å²) < 4.78 is 6.55. The lowest BCUT2D eigenvalue weighted by Crippen LogP contribution is -2.36. The van der Waals surface area contributed by atoms with E-state index in [1.807, 2.05) is 36.2 Å². The van der Waals surface area contributed by atoms with Crippen molar-refractivity contribution in [3.8, 4) is 11.4 Å². The summed E-state index contributed by atoms with van der Waals surface area (Å²) in [5.41, 5.74) is 2.55. The van der Waals surface area contributed by atoms with Crippen LogP contribution in [0.15, 0.2) is 42.7 Å². The molecule has 1 atom stereocenters. The SMILES string of the molecule is CC(O)c1cccc(-c2nc(N3CCOCC3)c3sc(CN(C)c4ncc(C(=O)O)cn4)cc3n2)c1. The number of aliphatic hydroxyl groups excluding tert-OH is 1. The summed E-state index contributed by atoms with van der Waals surface area (Å²) in [6.45, 7) is 5.05. The summed E-state index contributed by atoms with van der Waals surface area (Å²) in [5.74, 6) is 0.865. The maximum atomic E-state index is 11.1. The van der Waals surface area contributed by atoms with Crippen LogP contribution in [0, 0.1) is 0 Å². The molecule has 0 bridgehead atoms. The first kappa shape index (κ1) is 24.0. The smallest absolute Gasteiger partial charge is 0.338 e. The third-order valence-electron chi connectivity index (χ3n) is 5.96. The van der Waals surface area contributed by atoms with Crippen molar-refractivity contribution in [2.45, 2.75) is 19.6 Å². The molecule has 186 valence electrons.